The zero-order valence-electron chi connectivity index (χ0n) is 8.31. The van der Waals surface area contributed by atoms with Crippen LogP contribution in [0.25, 0.3) is 0 Å². The highest BCUT2D eigenvalue weighted by molar-refractivity contribution is 5.89. The Labute approximate surface area is 88.0 Å². The molecule has 1 heterocycles. The van der Waals surface area contributed by atoms with E-state index in [1.807, 2.05) is 0 Å². The molecule has 15 heavy (non-hydrogen) atoms. The van der Waals surface area contributed by atoms with Crippen molar-refractivity contribution >= 4 is 11.7 Å². The van der Waals surface area contributed by atoms with E-state index in [0.29, 0.717) is 24.5 Å². The number of carbonyl (C=O) groups is 1. The molecule has 1 atom stereocenters. The Kier molecular flexibility index (Phi) is 2.87. The molecule has 4 nitrogen and oxygen atoms in total. The van der Waals surface area contributed by atoms with E-state index in [-0.39, 0.29) is 12.1 Å². The standard InChI is InChI=1S/C11H13NO3/c12-9-3-1-8(2-4-9)11(13)15-10-5-6-14-7-10/h1-4,10H,5-7,12H2. The molecule has 1 fully saturated rings. The fraction of sp³-hybridized carbons (Fsp3) is 0.364. The zero-order chi connectivity index (χ0) is 10.7. The Morgan fingerprint density at radius 2 is 2.13 bits per heavy atom. The number of hydrogen-bond acceptors (Lipinski definition) is 4. The summed E-state index contributed by atoms with van der Waals surface area (Å²) < 4.78 is 10.3. The van der Waals surface area contributed by atoms with E-state index in [4.69, 9.17) is 15.2 Å². The lowest BCUT2D eigenvalue weighted by Crippen LogP contribution is -2.18. The Balaban J connectivity index is 1.98. The number of nitrogen functional groups attached to an aromatic ring is 1. The molecule has 0 bridgehead atoms. The van der Waals surface area contributed by atoms with Crippen molar-refractivity contribution < 1.29 is 14.3 Å². The summed E-state index contributed by atoms with van der Waals surface area (Å²) in [6.45, 7) is 1.17. The van der Waals surface area contributed by atoms with Gasteiger partial charge in [-0.15, -0.1) is 0 Å². The van der Waals surface area contributed by atoms with Crippen LogP contribution in [0.2, 0.25) is 0 Å². The largest absolute Gasteiger partial charge is 0.456 e. The Morgan fingerprint density at radius 3 is 2.73 bits per heavy atom. The molecule has 0 saturated carbocycles. The maximum Gasteiger partial charge on any atom is 0.338 e. The first-order valence-electron chi connectivity index (χ1n) is 4.90. The van der Waals surface area contributed by atoms with E-state index in [1.165, 1.54) is 0 Å². The van der Waals surface area contributed by atoms with Gasteiger partial charge in [0.15, 0.2) is 0 Å². The van der Waals surface area contributed by atoms with Gasteiger partial charge in [0.25, 0.3) is 0 Å². The molecule has 4 heteroatoms. The minimum absolute atomic E-state index is 0.102. The molecule has 1 saturated heterocycles. The molecule has 0 aliphatic carbocycles. The summed E-state index contributed by atoms with van der Waals surface area (Å²) in [5, 5.41) is 0. The number of rotatable bonds is 2. The predicted octanol–water partition coefficient (Wildman–Crippen LogP) is 1.21. The molecule has 2 rings (SSSR count). The molecular formula is C11H13NO3. The number of hydrogen-bond donors (Lipinski definition) is 1. The number of carbonyl (C=O) groups excluding carboxylic acids is 1. The smallest absolute Gasteiger partial charge is 0.338 e. The maximum absolute atomic E-state index is 11.6. The molecular weight excluding hydrogens is 194 g/mol. The van der Waals surface area contributed by atoms with Gasteiger partial charge >= 0.3 is 5.97 Å². The highest BCUT2D eigenvalue weighted by Gasteiger charge is 2.20. The van der Waals surface area contributed by atoms with Crippen LogP contribution >= 0.6 is 0 Å². The molecule has 1 aromatic carbocycles. The van der Waals surface area contributed by atoms with E-state index in [0.717, 1.165) is 6.42 Å². The topological polar surface area (TPSA) is 61.6 Å². The third-order valence-electron chi connectivity index (χ3n) is 2.31. The molecule has 1 unspecified atom stereocenters. The SMILES string of the molecule is Nc1ccc(C(=O)OC2CCOC2)cc1. The third-order valence-corrected chi connectivity index (χ3v) is 2.31. The van der Waals surface area contributed by atoms with Gasteiger partial charge in [-0.05, 0) is 24.3 Å². The van der Waals surface area contributed by atoms with Crippen LogP contribution in [0.5, 0.6) is 0 Å². The Bertz CT molecular complexity index is 341. The fourth-order valence-corrected chi connectivity index (χ4v) is 1.44. The van der Waals surface area contributed by atoms with Gasteiger partial charge in [-0.3, -0.25) is 0 Å². The van der Waals surface area contributed by atoms with E-state index >= 15 is 0 Å². The van der Waals surface area contributed by atoms with Crippen LogP contribution in [-0.4, -0.2) is 25.3 Å². The first-order valence-corrected chi connectivity index (χ1v) is 4.90. The predicted molar refractivity (Wildman–Crippen MR) is 55.5 cm³/mol. The third kappa shape index (κ3) is 2.47. The molecule has 0 radical (unpaired) electrons. The molecule has 0 aromatic heterocycles. The summed E-state index contributed by atoms with van der Waals surface area (Å²) >= 11 is 0. The second-order valence-electron chi connectivity index (χ2n) is 3.51. The normalized spacial score (nSPS) is 20.1. The van der Waals surface area contributed by atoms with Gasteiger partial charge in [-0.25, -0.2) is 4.79 Å². The number of anilines is 1. The van der Waals surface area contributed by atoms with Gasteiger partial charge < -0.3 is 15.2 Å². The summed E-state index contributed by atoms with van der Waals surface area (Å²) in [5.41, 5.74) is 6.68. The molecule has 0 spiro atoms. The molecule has 1 aliphatic heterocycles. The van der Waals surface area contributed by atoms with E-state index in [1.54, 1.807) is 24.3 Å². The van der Waals surface area contributed by atoms with Gasteiger partial charge in [-0.2, -0.15) is 0 Å². The van der Waals surface area contributed by atoms with Gasteiger partial charge in [-0.1, -0.05) is 0 Å². The maximum atomic E-state index is 11.6. The average molecular weight is 207 g/mol. The summed E-state index contributed by atoms with van der Waals surface area (Å²) in [7, 11) is 0. The van der Waals surface area contributed by atoms with Crippen molar-refractivity contribution in [1.29, 1.82) is 0 Å². The summed E-state index contributed by atoms with van der Waals surface area (Å²) in [6.07, 6.45) is 0.677. The Morgan fingerprint density at radius 1 is 1.40 bits per heavy atom. The number of nitrogens with two attached hydrogens (primary N) is 1. The number of benzene rings is 1. The minimum atomic E-state index is -0.314. The highest BCUT2D eigenvalue weighted by Crippen LogP contribution is 2.12. The van der Waals surface area contributed by atoms with Gasteiger partial charge in [0, 0.05) is 12.1 Å². The van der Waals surface area contributed by atoms with Crippen molar-refractivity contribution in [1.82, 2.24) is 0 Å². The second-order valence-corrected chi connectivity index (χ2v) is 3.51. The summed E-state index contributed by atoms with van der Waals surface area (Å²) in [4.78, 5) is 11.6. The van der Waals surface area contributed by atoms with Crippen LogP contribution in [0.15, 0.2) is 24.3 Å². The van der Waals surface area contributed by atoms with Crippen molar-refractivity contribution in [2.75, 3.05) is 18.9 Å². The van der Waals surface area contributed by atoms with E-state index in [9.17, 15) is 4.79 Å². The molecule has 1 aromatic rings. The minimum Gasteiger partial charge on any atom is -0.456 e. The lowest BCUT2D eigenvalue weighted by Gasteiger charge is -2.09. The molecule has 1 aliphatic rings. The van der Waals surface area contributed by atoms with Crippen LogP contribution in [0, 0.1) is 0 Å². The van der Waals surface area contributed by atoms with Gasteiger partial charge in [0.1, 0.15) is 6.10 Å². The van der Waals surface area contributed by atoms with Gasteiger partial charge in [0.05, 0.1) is 18.8 Å². The average Bonchev–Trinajstić information content (AvgIpc) is 2.71. The molecule has 2 N–H and O–H groups in total. The van der Waals surface area contributed by atoms with Gasteiger partial charge in [0.2, 0.25) is 0 Å². The van der Waals surface area contributed by atoms with E-state index < -0.39 is 0 Å². The number of esters is 1. The van der Waals surface area contributed by atoms with Crippen LogP contribution in [0.4, 0.5) is 5.69 Å². The zero-order valence-corrected chi connectivity index (χ0v) is 8.31. The van der Waals surface area contributed by atoms with Crippen molar-refractivity contribution in [3.63, 3.8) is 0 Å². The quantitative estimate of drug-likeness (QED) is 0.585. The molecule has 0 amide bonds. The monoisotopic (exact) mass is 207 g/mol. The lowest BCUT2D eigenvalue weighted by atomic mass is 10.2. The summed E-state index contributed by atoms with van der Waals surface area (Å²) in [6, 6.07) is 6.68. The first-order chi connectivity index (χ1) is 7.25. The van der Waals surface area contributed by atoms with Crippen LogP contribution in [0.1, 0.15) is 16.8 Å². The Hall–Kier alpha value is -1.55. The number of ether oxygens (including phenoxy) is 2. The first kappa shape index (κ1) is 9.98. The molecule has 80 valence electrons. The van der Waals surface area contributed by atoms with Crippen molar-refractivity contribution in [3.8, 4) is 0 Å². The van der Waals surface area contributed by atoms with Crippen molar-refractivity contribution in [2.24, 2.45) is 0 Å². The fourth-order valence-electron chi connectivity index (χ4n) is 1.44. The van der Waals surface area contributed by atoms with Crippen LogP contribution in [-0.2, 0) is 9.47 Å². The van der Waals surface area contributed by atoms with Crippen LogP contribution in [0.3, 0.4) is 0 Å². The second kappa shape index (κ2) is 4.31. The summed E-state index contributed by atoms with van der Waals surface area (Å²) in [5.74, 6) is -0.314. The lowest BCUT2D eigenvalue weighted by molar-refractivity contribution is 0.0271. The highest BCUT2D eigenvalue weighted by atomic mass is 16.6. The van der Waals surface area contributed by atoms with E-state index in [2.05, 4.69) is 0 Å². The van der Waals surface area contributed by atoms with Crippen molar-refractivity contribution in [3.05, 3.63) is 29.8 Å². The van der Waals surface area contributed by atoms with Crippen LogP contribution < -0.4 is 5.73 Å². The van der Waals surface area contributed by atoms with Crippen molar-refractivity contribution in [2.45, 2.75) is 12.5 Å².